The molecule has 66 valence electrons. The second kappa shape index (κ2) is 3.30. The molecule has 1 heterocycles. The fourth-order valence-electron chi connectivity index (χ4n) is 1.96. The maximum atomic E-state index is 10.8. The smallest absolute Gasteiger partial charge is 0.311 e. The molecule has 2 fully saturated rings. The summed E-state index contributed by atoms with van der Waals surface area (Å²) >= 11 is 0. The zero-order valence-corrected chi connectivity index (χ0v) is 7.27. The molecule has 0 spiro atoms. The van der Waals surface area contributed by atoms with Gasteiger partial charge in [0.05, 0.1) is 6.42 Å². The minimum absolute atomic E-state index is 0.0388. The number of esters is 1. The molecule has 1 aliphatic heterocycles. The summed E-state index contributed by atoms with van der Waals surface area (Å²) < 4.78 is 5.14. The Morgan fingerprint density at radius 1 is 0.917 bits per heavy atom. The van der Waals surface area contributed by atoms with Crippen molar-refractivity contribution < 1.29 is 9.53 Å². The third kappa shape index (κ3) is 1.52. The van der Waals surface area contributed by atoms with Gasteiger partial charge in [0, 0.05) is 6.42 Å². The van der Waals surface area contributed by atoms with Crippen molar-refractivity contribution in [2.75, 3.05) is 0 Å². The van der Waals surface area contributed by atoms with Crippen molar-refractivity contribution in [1.29, 1.82) is 0 Å². The Morgan fingerprint density at radius 2 is 1.67 bits per heavy atom. The second-order valence-corrected chi connectivity index (χ2v) is 3.56. The number of allylic oxidation sites excluding steroid dienone is 2. The Balaban J connectivity index is 2.08. The molecule has 0 aromatic rings. The lowest BCUT2D eigenvalue weighted by atomic mass is 9.93. The highest BCUT2D eigenvalue weighted by Gasteiger charge is 2.21. The van der Waals surface area contributed by atoms with Crippen molar-refractivity contribution in [3.05, 3.63) is 11.3 Å². The van der Waals surface area contributed by atoms with Gasteiger partial charge in [-0.25, -0.2) is 0 Å². The highest BCUT2D eigenvalue weighted by molar-refractivity contribution is 5.73. The summed E-state index contributed by atoms with van der Waals surface area (Å²) in [5, 5.41) is 0. The average molecular weight is 166 g/mol. The van der Waals surface area contributed by atoms with E-state index in [1.807, 2.05) is 0 Å². The average Bonchev–Trinajstić information content (AvgIpc) is 2.54. The van der Waals surface area contributed by atoms with E-state index in [9.17, 15) is 4.79 Å². The quantitative estimate of drug-likeness (QED) is 0.517. The predicted octanol–water partition coefficient (Wildman–Crippen LogP) is 2.54. The van der Waals surface area contributed by atoms with Crippen LogP contribution in [0.4, 0.5) is 0 Å². The molecule has 2 aliphatic rings. The van der Waals surface area contributed by atoms with E-state index in [2.05, 4.69) is 0 Å². The van der Waals surface area contributed by atoms with Crippen LogP contribution in [0.25, 0.3) is 0 Å². The molecule has 0 aromatic carbocycles. The van der Waals surface area contributed by atoms with Gasteiger partial charge in [0.2, 0.25) is 0 Å². The molecule has 0 atom stereocenters. The SMILES string of the molecule is O=C1CCC(=C2CCCCC2)O1. The highest BCUT2D eigenvalue weighted by Crippen LogP contribution is 2.31. The first-order valence-corrected chi connectivity index (χ1v) is 4.78. The van der Waals surface area contributed by atoms with Gasteiger partial charge in [-0.2, -0.15) is 0 Å². The lowest BCUT2D eigenvalue weighted by molar-refractivity contribution is -0.135. The molecule has 0 unspecified atom stereocenters. The van der Waals surface area contributed by atoms with Crippen LogP contribution in [0, 0.1) is 0 Å². The second-order valence-electron chi connectivity index (χ2n) is 3.56. The van der Waals surface area contributed by atoms with Crippen molar-refractivity contribution in [2.24, 2.45) is 0 Å². The van der Waals surface area contributed by atoms with Crippen LogP contribution < -0.4 is 0 Å². The molecule has 0 aromatic heterocycles. The van der Waals surface area contributed by atoms with Gasteiger partial charge in [0.1, 0.15) is 5.76 Å². The molecule has 0 N–H and O–H groups in total. The van der Waals surface area contributed by atoms with Gasteiger partial charge < -0.3 is 4.74 Å². The van der Waals surface area contributed by atoms with Gasteiger partial charge in [0.25, 0.3) is 0 Å². The first-order chi connectivity index (χ1) is 5.86. The summed E-state index contributed by atoms with van der Waals surface area (Å²) in [6.07, 6.45) is 7.65. The molecule has 2 rings (SSSR count). The van der Waals surface area contributed by atoms with Gasteiger partial charge in [-0.05, 0) is 31.3 Å². The number of hydrogen-bond donors (Lipinski definition) is 0. The Labute approximate surface area is 72.6 Å². The molecule has 0 bridgehead atoms. The first-order valence-electron chi connectivity index (χ1n) is 4.78. The molecule has 1 aliphatic carbocycles. The predicted molar refractivity (Wildman–Crippen MR) is 45.4 cm³/mol. The van der Waals surface area contributed by atoms with Gasteiger partial charge in [-0.3, -0.25) is 4.79 Å². The van der Waals surface area contributed by atoms with Crippen LogP contribution in [-0.2, 0) is 9.53 Å². The van der Waals surface area contributed by atoms with Gasteiger partial charge in [-0.15, -0.1) is 0 Å². The largest absolute Gasteiger partial charge is 0.431 e. The molecule has 0 radical (unpaired) electrons. The summed E-state index contributed by atoms with van der Waals surface area (Å²) in [4.78, 5) is 10.8. The Hall–Kier alpha value is -0.790. The summed E-state index contributed by atoms with van der Waals surface area (Å²) in [6, 6.07) is 0. The number of hydrogen-bond acceptors (Lipinski definition) is 2. The van der Waals surface area contributed by atoms with E-state index in [-0.39, 0.29) is 5.97 Å². The number of ether oxygens (including phenoxy) is 1. The minimum atomic E-state index is -0.0388. The monoisotopic (exact) mass is 166 g/mol. The maximum absolute atomic E-state index is 10.8. The van der Waals surface area contributed by atoms with E-state index >= 15 is 0 Å². The molecule has 1 saturated carbocycles. The summed E-state index contributed by atoms with van der Waals surface area (Å²) in [5.74, 6) is 0.961. The fourth-order valence-corrected chi connectivity index (χ4v) is 1.96. The van der Waals surface area contributed by atoms with E-state index in [0.29, 0.717) is 6.42 Å². The van der Waals surface area contributed by atoms with E-state index in [0.717, 1.165) is 25.0 Å². The van der Waals surface area contributed by atoms with Gasteiger partial charge >= 0.3 is 5.97 Å². The van der Waals surface area contributed by atoms with Crippen LogP contribution >= 0.6 is 0 Å². The van der Waals surface area contributed by atoms with E-state index in [4.69, 9.17) is 4.74 Å². The number of carbonyl (C=O) groups excluding carboxylic acids is 1. The summed E-state index contributed by atoms with van der Waals surface area (Å²) in [6.45, 7) is 0. The zero-order chi connectivity index (χ0) is 8.39. The molecule has 12 heavy (non-hydrogen) atoms. The van der Waals surface area contributed by atoms with Crippen molar-refractivity contribution in [2.45, 2.75) is 44.9 Å². The summed E-state index contributed by atoms with van der Waals surface area (Å²) in [7, 11) is 0. The zero-order valence-electron chi connectivity index (χ0n) is 7.27. The van der Waals surface area contributed by atoms with Gasteiger partial charge in [0.15, 0.2) is 0 Å². The van der Waals surface area contributed by atoms with Crippen molar-refractivity contribution in [3.63, 3.8) is 0 Å². The maximum Gasteiger partial charge on any atom is 0.311 e. The third-order valence-electron chi connectivity index (χ3n) is 2.64. The van der Waals surface area contributed by atoms with Crippen LogP contribution in [0.3, 0.4) is 0 Å². The molecule has 2 nitrogen and oxygen atoms in total. The third-order valence-corrected chi connectivity index (χ3v) is 2.64. The lowest BCUT2D eigenvalue weighted by Gasteiger charge is -2.15. The van der Waals surface area contributed by atoms with Crippen molar-refractivity contribution in [1.82, 2.24) is 0 Å². The normalized spacial score (nSPS) is 24.5. The Kier molecular flexibility index (Phi) is 2.15. The lowest BCUT2D eigenvalue weighted by Crippen LogP contribution is -1.99. The summed E-state index contributed by atoms with van der Waals surface area (Å²) in [5.41, 5.74) is 1.41. The first kappa shape index (κ1) is 7.84. The molecule has 1 saturated heterocycles. The van der Waals surface area contributed by atoms with Crippen LogP contribution in [0.5, 0.6) is 0 Å². The standard InChI is InChI=1S/C10H14O2/c11-10-7-6-9(12-10)8-4-2-1-3-5-8/h1-7H2. The number of carbonyl (C=O) groups is 1. The van der Waals surface area contributed by atoms with Crippen molar-refractivity contribution in [3.8, 4) is 0 Å². The highest BCUT2D eigenvalue weighted by atomic mass is 16.5. The van der Waals surface area contributed by atoms with Crippen LogP contribution in [0.2, 0.25) is 0 Å². The Morgan fingerprint density at radius 3 is 2.25 bits per heavy atom. The number of cyclic esters (lactones) is 1. The minimum Gasteiger partial charge on any atom is -0.431 e. The topological polar surface area (TPSA) is 26.3 Å². The number of rotatable bonds is 0. The fraction of sp³-hybridized carbons (Fsp3) is 0.700. The van der Waals surface area contributed by atoms with Crippen molar-refractivity contribution >= 4 is 5.97 Å². The molecule has 2 heteroatoms. The van der Waals surface area contributed by atoms with Crippen LogP contribution in [-0.4, -0.2) is 5.97 Å². The van der Waals surface area contributed by atoms with Gasteiger partial charge in [-0.1, -0.05) is 6.42 Å². The molecular weight excluding hydrogens is 152 g/mol. The van der Waals surface area contributed by atoms with Crippen LogP contribution in [0.15, 0.2) is 11.3 Å². The van der Waals surface area contributed by atoms with E-state index in [1.165, 1.54) is 24.8 Å². The van der Waals surface area contributed by atoms with E-state index < -0.39 is 0 Å². The molecular formula is C10H14O2. The molecule has 0 amide bonds. The Bertz CT molecular complexity index is 220. The van der Waals surface area contributed by atoms with E-state index in [1.54, 1.807) is 0 Å². The van der Waals surface area contributed by atoms with Crippen LogP contribution in [0.1, 0.15) is 44.9 Å².